The van der Waals surface area contributed by atoms with Gasteiger partial charge in [0.1, 0.15) is 11.5 Å². The molecule has 2 aromatic rings. The van der Waals surface area contributed by atoms with E-state index in [9.17, 15) is 0 Å². The van der Waals surface area contributed by atoms with Crippen molar-refractivity contribution < 1.29 is 0 Å². The molecule has 2 saturated carbocycles. The molecule has 1 heterocycles. The molecule has 0 radical (unpaired) electrons. The number of rotatable bonds is 9. The van der Waals surface area contributed by atoms with Crippen molar-refractivity contribution in [1.82, 2.24) is 15.4 Å². The number of nitrogens with one attached hydrogen (secondary N) is 2. The molecular formula is C22H34N10S. The van der Waals surface area contributed by atoms with Crippen molar-refractivity contribution in [2.45, 2.75) is 62.2 Å². The Morgan fingerprint density at radius 3 is 2.70 bits per heavy atom. The Balaban J connectivity index is 1.53. The summed E-state index contributed by atoms with van der Waals surface area (Å²) >= 11 is 1.61. The van der Waals surface area contributed by atoms with Crippen molar-refractivity contribution in [3.8, 4) is 0 Å². The van der Waals surface area contributed by atoms with Crippen LogP contribution in [-0.2, 0) is 0 Å². The molecule has 0 bridgehead atoms. The fourth-order valence-corrected chi connectivity index (χ4v) is 5.19. The first-order chi connectivity index (χ1) is 16.0. The molecule has 3 unspecified atom stereocenters. The van der Waals surface area contributed by atoms with E-state index in [2.05, 4.69) is 47.0 Å². The number of anilines is 3. The lowest BCUT2D eigenvalue weighted by Gasteiger charge is -2.27. The molecule has 178 valence electrons. The number of benzene rings is 1. The van der Waals surface area contributed by atoms with Crippen molar-refractivity contribution in [1.29, 1.82) is 0 Å². The van der Waals surface area contributed by atoms with Crippen LogP contribution in [0.2, 0.25) is 0 Å². The number of aromatic nitrogens is 2. The zero-order valence-corrected chi connectivity index (χ0v) is 19.8. The third kappa shape index (κ3) is 5.26. The average Bonchev–Trinajstić information content (AvgIpc) is 3.44. The number of thioether (sulfide) groups is 1. The van der Waals surface area contributed by atoms with Crippen molar-refractivity contribution in [2.75, 3.05) is 21.8 Å². The lowest BCUT2D eigenvalue weighted by atomic mass is 10.1. The van der Waals surface area contributed by atoms with E-state index in [0.717, 1.165) is 37.9 Å². The van der Waals surface area contributed by atoms with Crippen LogP contribution in [0.1, 0.15) is 50.5 Å². The molecule has 0 saturated heterocycles. The van der Waals surface area contributed by atoms with Crippen LogP contribution in [0.4, 0.5) is 17.3 Å². The van der Waals surface area contributed by atoms with Gasteiger partial charge >= 0.3 is 0 Å². The van der Waals surface area contributed by atoms with E-state index in [1.165, 1.54) is 5.56 Å². The van der Waals surface area contributed by atoms with Gasteiger partial charge in [-0.2, -0.15) is 5.10 Å². The predicted octanol–water partition coefficient (Wildman–Crippen LogP) is 2.11. The van der Waals surface area contributed by atoms with Crippen molar-refractivity contribution >= 4 is 34.9 Å². The van der Waals surface area contributed by atoms with E-state index in [0.29, 0.717) is 40.3 Å². The highest BCUT2D eigenvalue weighted by Crippen LogP contribution is 2.44. The number of hydrazine groups is 2. The number of nitrogens with two attached hydrogens (primary N) is 4. The Morgan fingerprint density at radius 2 is 2.00 bits per heavy atom. The highest BCUT2D eigenvalue weighted by molar-refractivity contribution is 7.99. The maximum atomic E-state index is 6.58. The van der Waals surface area contributed by atoms with Gasteiger partial charge in [-0.15, -0.1) is 0 Å². The quantitative estimate of drug-likeness (QED) is 0.0796. The zero-order valence-electron chi connectivity index (χ0n) is 18.9. The molecule has 10 N–H and O–H groups in total. The molecule has 2 fully saturated rings. The lowest BCUT2D eigenvalue weighted by Crippen LogP contribution is -2.42. The van der Waals surface area contributed by atoms with Crippen LogP contribution in [0, 0.1) is 5.92 Å². The van der Waals surface area contributed by atoms with Crippen molar-refractivity contribution in [3.05, 3.63) is 35.9 Å². The number of hydrazone groups is 1. The summed E-state index contributed by atoms with van der Waals surface area (Å²) < 4.78 is 0. The van der Waals surface area contributed by atoms with Gasteiger partial charge < -0.3 is 22.3 Å². The van der Waals surface area contributed by atoms with E-state index in [-0.39, 0.29) is 12.0 Å². The summed E-state index contributed by atoms with van der Waals surface area (Å²) in [4.78, 5) is 9.45. The van der Waals surface area contributed by atoms with Crippen LogP contribution >= 0.6 is 11.8 Å². The van der Waals surface area contributed by atoms with Gasteiger partial charge in [-0.05, 0) is 37.7 Å². The second-order valence-electron chi connectivity index (χ2n) is 8.67. The zero-order chi connectivity index (χ0) is 23.4. The SMILES string of the molecule is CCCSc1nc(N[C@@H]2CC2c2ccccc2)c(N)c(N(N)C2CCC(C(=NN)NN)C2)n1. The second-order valence-corrected chi connectivity index (χ2v) is 9.74. The number of amidine groups is 1. The minimum Gasteiger partial charge on any atom is -0.393 e. The van der Waals surface area contributed by atoms with Crippen LogP contribution in [0.25, 0.3) is 0 Å². The topological polar surface area (TPSA) is 170 Å². The number of nitrogens with zero attached hydrogens (tertiary/aromatic N) is 4. The third-order valence-corrected chi connectivity index (χ3v) is 7.45. The Kier molecular flexibility index (Phi) is 7.41. The fraction of sp³-hybridized carbons (Fsp3) is 0.500. The number of hydrogen-bond donors (Lipinski definition) is 6. The molecule has 0 aliphatic heterocycles. The Morgan fingerprint density at radius 1 is 1.21 bits per heavy atom. The average molecular weight is 471 g/mol. The van der Waals surface area contributed by atoms with Crippen LogP contribution in [0.15, 0.2) is 40.6 Å². The Bertz CT molecular complexity index is 969. The molecule has 10 nitrogen and oxygen atoms in total. The molecular weight excluding hydrogens is 436 g/mol. The highest BCUT2D eigenvalue weighted by atomic mass is 32.2. The monoisotopic (exact) mass is 470 g/mol. The van der Waals surface area contributed by atoms with Gasteiger partial charge in [0.15, 0.2) is 16.8 Å². The van der Waals surface area contributed by atoms with Gasteiger partial charge in [-0.3, -0.25) is 5.01 Å². The van der Waals surface area contributed by atoms with Gasteiger partial charge in [0, 0.05) is 29.7 Å². The molecule has 4 rings (SSSR count). The summed E-state index contributed by atoms with van der Waals surface area (Å²) in [5, 5.41) is 9.67. The van der Waals surface area contributed by atoms with Gasteiger partial charge in [0.05, 0.1) is 0 Å². The summed E-state index contributed by atoms with van der Waals surface area (Å²) in [6.07, 6.45) is 4.58. The van der Waals surface area contributed by atoms with E-state index >= 15 is 0 Å². The van der Waals surface area contributed by atoms with Gasteiger partial charge in [0.2, 0.25) is 0 Å². The Labute approximate surface area is 198 Å². The first-order valence-electron chi connectivity index (χ1n) is 11.5. The molecule has 0 spiro atoms. The molecule has 4 atom stereocenters. The van der Waals surface area contributed by atoms with Crippen LogP contribution in [-0.4, -0.2) is 33.6 Å². The fourth-order valence-electron chi connectivity index (χ4n) is 4.49. The highest BCUT2D eigenvalue weighted by Gasteiger charge is 2.39. The van der Waals surface area contributed by atoms with Crippen LogP contribution in [0.5, 0.6) is 0 Å². The van der Waals surface area contributed by atoms with Gasteiger partial charge in [-0.25, -0.2) is 21.7 Å². The molecule has 1 aromatic carbocycles. The summed E-state index contributed by atoms with van der Waals surface area (Å²) in [6.45, 7) is 2.13. The van der Waals surface area contributed by atoms with Gasteiger partial charge in [-0.1, -0.05) is 49.0 Å². The number of nitrogen functional groups attached to an aromatic ring is 1. The summed E-state index contributed by atoms with van der Waals surface area (Å²) in [7, 11) is 0. The normalized spacial score (nSPS) is 24.5. The van der Waals surface area contributed by atoms with E-state index in [4.69, 9.17) is 33.2 Å². The maximum Gasteiger partial charge on any atom is 0.191 e. The van der Waals surface area contributed by atoms with E-state index in [1.54, 1.807) is 16.8 Å². The summed E-state index contributed by atoms with van der Waals surface area (Å²) in [6, 6.07) is 10.9. The Hall–Kier alpha value is -2.76. The molecule has 2 aliphatic carbocycles. The maximum absolute atomic E-state index is 6.58. The molecule has 33 heavy (non-hydrogen) atoms. The van der Waals surface area contributed by atoms with Crippen molar-refractivity contribution in [3.63, 3.8) is 0 Å². The van der Waals surface area contributed by atoms with Crippen molar-refractivity contribution in [2.24, 2.45) is 28.5 Å². The molecule has 2 aliphatic rings. The summed E-state index contributed by atoms with van der Waals surface area (Å²) in [5.74, 6) is 20.9. The predicted molar refractivity (Wildman–Crippen MR) is 135 cm³/mol. The largest absolute Gasteiger partial charge is 0.393 e. The van der Waals surface area contributed by atoms with Crippen LogP contribution in [0.3, 0.4) is 0 Å². The van der Waals surface area contributed by atoms with E-state index < -0.39 is 0 Å². The summed E-state index contributed by atoms with van der Waals surface area (Å²) in [5.41, 5.74) is 11.0. The molecule has 0 amide bonds. The minimum absolute atomic E-state index is 0.0483. The molecule has 1 aromatic heterocycles. The number of hydrogen-bond acceptors (Lipinski definition) is 10. The molecule has 11 heteroatoms. The third-order valence-electron chi connectivity index (χ3n) is 6.40. The smallest absolute Gasteiger partial charge is 0.191 e. The second kappa shape index (κ2) is 10.4. The minimum atomic E-state index is 0.0483. The lowest BCUT2D eigenvalue weighted by molar-refractivity contribution is 0.596. The first kappa shape index (κ1) is 23.4. The first-order valence-corrected chi connectivity index (χ1v) is 12.4. The van der Waals surface area contributed by atoms with E-state index in [1.807, 2.05) is 6.07 Å². The van der Waals surface area contributed by atoms with Crippen LogP contribution < -0.4 is 39.0 Å². The standard InChI is InChI=1S/C22H34N10S/c1-2-10-33-22-28-20(27-17-12-16(17)13-6-4-3-5-7-13)18(23)21(29-22)32(26)15-9-8-14(11-15)19(30-24)31-25/h3-7,14-17H,2,8-12,23-26H2,1H3,(H,30,31)(H,27,28,29)/t14?,15?,16?,17-/m1/s1. The van der Waals surface area contributed by atoms with Gasteiger partial charge in [0.25, 0.3) is 0 Å².